The molecule has 4 N–H and O–H groups in total. The lowest BCUT2D eigenvalue weighted by atomic mass is 10.1. The van der Waals surface area contributed by atoms with Gasteiger partial charge in [-0.3, -0.25) is 14.5 Å². The van der Waals surface area contributed by atoms with Crippen LogP contribution in [0, 0.1) is 0 Å². The number of alkyl halides is 3. The van der Waals surface area contributed by atoms with E-state index in [0.29, 0.717) is 53.6 Å². The maximum Gasteiger partial charge on any atom is 0.490 e. The van der Waals surface area contributed by atoms with E-state index in [1.165, 1.54) is 0 Å². The minimum absolute atomic E-state index is 0.0371. The second-order valence-electron chi connectivity index (χ2n) is 10.7. The number of carboxylic acids is 1. The number of carboxylic acid groups (broad SMARTS) is 1. The summed E-state index contributed by atoms with van der Waals surface area (Å²) in [6.45, 7) is 3.34. The molecule has 5 rings (SSSR count). The van der Waals surface area contributed by atoms with E-state index >= 15 is 0 Å². The van der Waals surface area contributed by atoms with Crippen molar-refractivity contribution in [2.75, 3.05) is 49.2 Å². The van der Waals surface area contributed by atoms with E-state index < -0.39 is 12.1 Å². The van der Waals surface area contributed by atoms with Crippen LogP contribution in [0.25, 0.3) is 0 Å². The van der Waals surface area contributed by atoms with Crippen molar-refractivity contribution in [2.24, 2.45) is 0 Å². The molecular formula is C35H34F3N5O6. The summed E-state index contributed by atoms with van der Waals surface area (Å²) >= 11 is 0. The normalized spacial score (nSPS) is 12.9. The van der Waals surface area contributed by atoms with Gasteiger partial charge in [-0.1, -0.05) is 42.5 Å². The van der Waals surface area contributed by atoms with Gasteiger partial charge < -0.3 is 30.7 Å². The number of carbonyl (C=O) groups is 4. The van der Waals surface area contributed by atoms with Gasteiger partial charge in [0.25, 0.3) is 11.8 Å². The fraction of sp³-hybridized carbons (Fsp3) is 0.200. The zero-order valence-electron chi connectivity index (χ0n) is 26.4. The summed E-state index contributed by atoms with van der Waals surface area (Å²) in [6, 6.07) is 30.6. The Labute approximate surface area is 280 Å². The molecule has 14 heteroatoms. The van der Waals surface area contributed by atoms with Gasteiger partial charge in [-0.25, -0.2) is 9.59 Å². The second kappa shape index (κ2) is 16.8. The van der Waals surface area contributed by atoms with Crippen molar-refractivity contribution in [1.29, 1.82) is 0 Å². The zero-order valence-corrected chi connectivity index (χ0v) is 26.4. The lowest BCUT2D eigenvalue weighted by Gasteiger charge is -2.35. The summed E-state index contributed by atoms with van der Waals surface area (Å²) in [5.74, 6) is -2.39. The van der Waals surface area contributed by atoms with Crippen LogP contribution in [0.4, 0.5) is 35.0 Å². The number of methoxy groups -OCH3 is 1. The van der Waals surface area contributed by atoms with Crippen molar-refractivity contribution in [2.45, 2.75) is 12.7 Å². The molecule has 49 heavy (non-hydrogen) atoms. The average molecular weight is 678 g/mol. The standard InChI is InChI=1S/C33H33N5O4.C2HF3O2/c1-42-30-13-6-5-12-29(30)36-31(39)26-9-7-8-24(22-26)23-37-18-20-38(21-19-37)32(40)25-14-16-28(17-15-25)35-33(41)34-27-10-3-2-4-11-27;3-2(4,5)1(6)7/h2-17,22H,18-21,23H2,1H3,(H,36,39)(H2,34,35,41);(H,6,7). The summed E-state index contributed by atoms with van der Waals surface area (Å²) < 4.78 is 37.1. The number of hydrogen-bond donors (Lipinski definition) is 4. The molecule has 0 atom stereocenters. The zero-order chi connectivity index (χ0) is 35.4. The number of anilines is 3. The molecule has 11 nitrogen and oxygen atoms in total. The largest absolute Gasteiger partial charge is 0.495 e. The predicted molar refractivity (Wildman–Crippen MR) is 178 cm³/mol. The number of hydrogen-bond acceptors (Lipinski definition) is 6. The van der Waals surface area contributed by atoms with Gasteiger partial charge in [-0.2, -0.15) is 13.2 Å². The number of halogens is 3. The summed E-state index contributed by atoms with van der Waals surface area (Å²) in [5, 5.41) is 15.6. The van der Waals surface area contributed by atoms with Crippen LogP contribution < -0.4 is 20.7 Å². The molecule has 1 aliphatic rings. The van der Waals surface area contributed by atoms with E-state index in [4.69, 9.17) is 14.6 Å². The van der Waals surface area contributed by atoms with Crippen LogP contribution in [-0.2, 0) is 11.3 Å². The van der Waals surface area contributed by atoms with Gasteiger partial charge in [0.2, 0.25) is 0 Å². The fourth-order valence-electron chi connectivity index (χ4n) is 4.81. The first-order valence-corrected chi connectivity index (χ1v) is 15.0. The number of ether oxygens (including phenoxy) is 1. The number of benzene rings is 4. The molecule has 0 aliphatic carbocycles. The highest BCUT2D eigenvalue weighted by molar-refractivity contribution is 6.05. The molecule has 4 aromatic carbocycles. The Kier molecular flexibility index (Phi) is 12.3. The SMILES string of the molecule is COc1ccccc1NC(=O)c1cccc(CN2CCN(C(=O)c3ccc(NC(=O)Nc4ccccc4)cc3)CC2)c1.O=C(O)C(F)(F)F. The molecule has 256 valence electrons. The van der Waals surface area contributed by atoms with Gasteiger partial charge in [0.1, 0.15) is 5.75 Å². The lowest BCUT2D eigenvalue weighted by molar-refractivity contribution is -0.192. The molecule has 1 fully saturated rings. The average Bonchev–Trinajstić information content (AvgIpc) is 3.09. The Morgan fingerprint density at radius 2 is 1.33 bits per heavy atom. The molecule has 0 radical (unpaired) electrons. The van der Waals surface area contributed by atoms with Crippen LogP contribution in [-0.4, -0.2) is 78.2 Å². The Balaban J connectivity index is 0.000000698. The van der Waals surface area contributed by atoms with E-state index in [0.717, 1.165) is 18.7 Å². The van der Waals surface area contributed by atoms with E-state index in [9.17, 15) is 27.6 Å². The molecule has 0 spiro atoms. The first-order valence-electron chi connectivity index (χ1n) is 15.0. The molecule has 1 saturated heterocycles. The van der Waals surface area contributed by atoms with E-state index in [-0.39, 0.29) is 17.8 Å². The summed E-state index contributed by atoms with van der Waals surface area (Å²) in [6.07, 6.45) is -5.08. The first-order chi connectivity index (χ1) is 23.4. The van der Waals surface area contributed by atoms with E-state index in [2.05, 4.69) is 20.9 Å². The van der Waals surface area contributed by atoms with Crippen molar-refractivity contribution >= 4 is 40.9 Å². The highest BCUT2D eigenvalue weighted by Crippen LogP contribution is 2.24. The summed E-state index contributed by atoms with van der Waals surface area (Å²) in [4.78, 5) is 51.2. The maximum atomic E-state index is 13.1. The van der Waals surface area contributed by atoms with Crippen LogP contribution >= 0.6 is 0 Å². The van der Waals surface area contributed by atoms with E-state index in [1.54, 1.807) is 49.6 Å². The smallest absolute Gasteiger partial charge is 0.490 e. The first kappa shape index (κ1) is 36.0. The molecule has 4 amide bonds. The number of nitrogens with one attached hydrogen (secondary N) is 3. The highest BCUT2D eigenvalue weighted by atomic mass is 19.4. The number of urea groups is 1. The highest BCUT2D eigenvalue weighted by Gasteiger charge is 2.38. The van der Waals surface area contributed by atoms with Crippen molar-refractivity contribution < 1.29 is 42.2 Å². The Morgan fingerprint density at radius 3 is 1.94 bits per heavy atom. The number of amides is 4. The maximum absolute atomic E-state index is 13.1. The number of nitrogens with zero attached hydrogens (tertiary/aromatic N) is 2. The van der Waals surface area contributed by atoms with Crippen LogP contribution in [0.2, 0.25) is 0 Å². The van der Waals surface area contributed by atoms with Crippen LogP contribution in [0.5, 0.6) is 5.75 Å². The molecule has 0 aromatic heterocycles. The molecule has 0 unspecified atom stereocenters. The number of piperazine rings is 1. The van der Waals surface area contributed by atoms with Gasteiger partial charge in [-0.15, -0.1) is 0 Å². The van der Waals surface area contributed by atoms with Crippen molar-refractivity contribution in [3.05, 3.63) is 120 Å². The van der Waals surface area contributed by atoms with Gasteiger partial charge in [0.15, 0.2) is 0 Å². The number of carbonyl (C=O) groups excluding carboxylic acids is 3. The lowest BCUT2D eigenvalue weighted by Crippen LogP contribution is -2.48. The quantitative estimate of drug-likeness (QED) is 0.175. The minimum Gasteiger partial charge on any atom is -0.495 e. The Morgan fingerprint density at radius 1 is 0.735 bits per heavy atom. The molecule has 0 bridgehead atoms. The van der Waals surface area contributed by atoms with Crippen LogP contribution in [0.1, 0.15) is 26.3 Å². The summed E-state index contributed by atoms with van der Waals surface area (Å²) in [5.41, 5.74) is 4.10. The second-order valence-corrected chi connectivity index (χ2v) is 10.7. The van der Waals surface area contributed by atoms with Gasteiger partial charge in [-0.05, 0) is 66.2 Å². The Hall–Kier alpha value is -5.89. The number of para-hydroxylation sites is 3. The van der Waals surface area contributed by atoms with Crippen molar-refractivity contribution in [3.8, 4) is 5.75 Å². The third-order valence-electron chi connectivity index (χ3n) is 7.27. The van der Waals surface area contributed by atoms with E-state index in [1.807, 2.05) is 65.6 Å². The number of rotatable bonds is 8. The molecule has 4 aromatic rings. The monoisotopic (exact) mass is 677 g/mol. The predicted octanol–water partition coefficient (Wildman–Crippen LogP) is 6.18. The van der Waals surface area contributed by atoms with Crippen molar-refractivity contribution in [1.82, 2.24) is 9.80 Å². The fourth-order valence-corrected chi connectivity index (χ4v) is 4.81. The summed E-state index contributed by atoms with van der Waals surface area (Å²) in [7, 11) is 1.57. The van der Waals surface area contributed by atoms with Gasteiger partial charge in [0, 0.05) is 55.2 Å². The molecular weight excluding hydrogens is 643 g/mol. The van der Waals surface area contributed by atoms with Crippen molar-refractivity contribution in [3.63, 3.8) is 0 Å². The van der Waals surface area contributed by atoms with Gasteiger partial charge in [0.05, 0.1) is 12.8 Å². The third-order valence-corrected chi connectivity index (χ3v) is 7.27. The number of aliphatic carboxylic acids is 1. The molecule has 0 saturated carbocycles. The Bertz CT molecular complexity index is 1740. The topological polar surface area (TPSA) is 140 Å². The third kappa shape index (κ3) is 10.8. The van der Waals surface area contributed by atoms with Crippen LogP contribution in [0.15, 0.2) is 103 Å². The van der Waals surface area contributed by atoms with Crippen LogP contribution in [0.3, 0.4) is 0 Å². The molecule has 1 aliphatic heterocycles. The molecule has 1 heterocycles. The van der Waals surface area contributed by atoms with Gasteiger partial charge >= 0.3 is 18.2 Å². The minimum atomic E-state index is -5.08.